The van der Waals surface area contributed by atoms with Crippen molar-refractivity contribution in [2.75, 3.05) is 26.5 Å². The van der Waals surface area contributed by atoms with Crippen LogP contribution in [0.5, 0.6) is 0 Å². The lowest BCUT2D eigenvalue weighted by Gasteiger charge is -2.30. The standard InChI is InChI=1S/C13H22B3O9P2/c1-6-10-7(23-13(6)16-15)4-20-27(3,19)25-11-8(22-12(14)9(11)17)5-21-26(2,18)24-10/h6-13,17H,4-5H2,1-3H3/t6?,7-,8-,9?,10-,11+,12-,13-,26?,27?/m1/s1. The van der Waals surface area contributed by atoms with Crippen LogP contribution in [0, 0.1) is 5.92 Å². The molecule has 3 heterocycles. The topological polar surface area (TPSA) is 110 Å². The lowest BCUT2D eigenvalue weighted by molar-refractivity contribution is -0.0293. The minimum Gasteiger partial charge on any atom is -0.388 e. The predicted octanol–water partition coefficient (Wildman–Crippen LogP) is -0.148. The van der Waals surface area contributed by atoms with Crippen LogP contribution in [0.2, 0.25) is 0 Å². The van der Waals surface area contributed by atoms with Crippen LogP contribution in [-0.2, 0) is 36.7 Å². The van der Waals surface area contributed by atoms with Gasteiger partial charge >= 0.3 is 15.2 Å². The van der Waals surface area contributed by atoms with E-state index in [-0.39, 0.29) is 19.1 Å². The highest BCUT2D eigenvalue weighted by atomic mass is 31.2. The van der Waals surface area contributed by atoms with Crippen molar-refractivity contribution in [3.05, 3.63) is 0 Å². The predicted molar refractivity (Wildman–Crippen MR) is 98.5 cm³/mol. The van der Waals surface area contributed by atoms with Crippen molar-refractivity contribution in [1.82, 2.24) is 0 Å². The minimum atomic E-state index is -3.60. The number of aliphatic hydroxyl groups is 1. The molecule has 10 atom stereocenters. The Morgan fingerprint density at radius 1 is 1.00 bits per heavy atom. The summed E-state index contributed by atoms with van der Waals surface area (Å²) in [5, 5.41) is 10.2. The maximum absolute atomic E-state index is 12.8. The van der Waals surface area contributed by atoms with Crippen LogP contribution >= 0.6 is 15.2 Å². The normalized spacial score (nSPS) is 54.4. The Hall–Kier alpha value is 0.375. The van der Waals surface area contributed by atoms with E-state index in [0.717, 1.165) is 0 Å². The fourth-order valence-electron chi connectivity index (χ4n) is 3.40. The molecule has 14 heteroatoms. The van der Waals surface area contributed by atoms with Crippen LogP contribution in [0.15, 0.2) is 0 Å². The van der Waals surface area contributed by atoms with E-state index in [9.17, 15) is 14.2 Å². The van der Waals surface area contributed by atoms with E-state index in [1.54, 1.807) is 0 Å². The van der Waals surface area contributed by atoms with Crippen LogP contribution in [-0.4, -0.2) is 96.9 Å². The van der Waals surface area contributed by atoms with E-state index in [0.29, 0.717) is 0 Å². The van der Waals surface area contributed by atoms with E-state index < -0.39 is 57.7 Å². The molecule has 3 rings (SSSR count). The molecule has 5 radical (unpaired) electrons. The summed E-state index contributed by atoms with van der Waals surface area (Å²) in [6.45, 7) is 4.06. The van der Waals surface area contributed by atoms with Gasteiger partial charge in [-0.25, -0.2) is 0 Å². The van der Waals surface area contributed by atoms with Gasteiger partial charge in [0, 0.05) is 39.0 Å². The molecule has 9 nitrogen and oxygen atoms in total. The van der Waals surface area contributed by atoms with Gasteiger partial charge in [-0.2, -0.15) is 0 Å². The smallest absolute Gasteiger partial charge is 0.328 e. The van der Waals surface area contributed by atoms with Gasteiger partial charge in [-0.1, -0.05) is 6.92 Å². The van der Waals surface area contributed by atoms with Crippen molar-refractivity contribution < 1.29 is 41.8 Å². The summed E-state index contributed by atoms with van der Waals surface area (Å²) in [7, 11) is 5.54. The summed E-state index contributed by atoms with van der Waals surface area (Å²) in [6.07, 6.45) is -4.54. The molecule has 0 aromatic carbocycles. The summed E-state index contributed by atoms with van der Waals surface area (Å²) < 4.78 is 58.8. The van der Waals surface area contributed by atoms with Gasteiger partial charge in [-0.05, 0) is 0 Å². The van der Waals surface area contributed by atoms with E-state index in [4.69, 9.17) is 43.2 Å². The lowest BCUT2D eigenvalue weighted by atomic mass is 9.49. The zero-order valence-corrected chi connectivity index (χ0v) is 17.2. The van der Waals surface area contributed by atoms with Crippen molar-refractivity contribution in [2.45, 2.75) is 49.5 Å². The number of aliphatic hydroxyl groups excluding tert-OH is 1. The van der Waals surface area contributed by atoms with Gasteiger partial charge in [0.1, 0.15) is 32.3 Å². The molecule has 0 spiro atoms. The van der Waals surface area contributed by atoms with Gasteiger partial charge in [0.15, 0.2) is 0 Å². The van der Waals surface area contributed by atoms with Crippen LogP contribution in [0.25, 0.3) is 0 Å². The van der Waals surface area contributed by atoms with Gasteiger partial charge in [-0.15, -0.1) is 0 Å². The fourth-order valence-corrected chi connectivity index (χ4v) is 5.83. The van der Waals surface area contributed by atoms with E-state index in [1.165, 1.54) is 20.5 Å². The molecule has 0 aromatic heterocycles. The van der Waals surface area contributed by atoms with Gasteiger partial charge in [0.05, 0.1) is 26.5 Å². The van der Waals surface area contributed by atoms with Gasteiger partial charge in [-0.3, -0.25) is 13.7 Å². The number of ether oxygens (including phenoxy) is 2. The second kappa shape index (κ2) is 8.25. The Morgan fingerprint density at radius 3 is 2.07 bits per heavy atom. The van der Waals surface area contributed by atoms with Crippen LogP contribution in [0.4, 0.5) is 0 Å². The third-order valence-electron chi connectivity index (χ3n) is 4.87. The Balaban J connectivity index is 1.85. The molecular weight excluding hydrogens is 395 g/mol. The average molecular weight is 417 g/mol. The highest BCUT2D eigenvalue weighted by Gasteiger charge is 2.49. The molecule has 0 bridgehead atoms. The molecule has 0 aromatic rings. The second-order valence-electron chi connectivity index (χ2n) is 7.09. The minimum absolute atomic E-state index is 0.145. The van der Waals surface area contributed by atoms with E-state index in [1.807, 2.05) is 6.92 Å². The zero-order chi connectivity index (χ0) is 20.0. The number of hydrogen-bond acceptors (Lipinski definition) is 9. The second-order valence-corrected chi connectivity index (χ2v) is 11.1. The maximum Gasteiger partial charge on any atom is 0.328 e. The molecule has 3 saturated heterocycles. The summed E-state index contributed by atoms with van der Waals surface area (Å²) in [5.74, 6) is -0.230. The van der Waals surface area contributed by atoms with E-state index >= 15 is 0 Å². The average Bonchev–Trinajstić information content (AvgIpc) is 3.02. The van der Waals surface area contributed by atoms with Crippen molar-refractivity contribution in [3.63, 3.8) is 0 Å². The molecule has 3 aliphatic rings. The monoisotopic (exact) mass is 417 g/mol. The Labute approximate surface area is 162 Å². The summed E-state index contributed by atoms with van der Waals surface area (Å²) in [6, 6.07) is -1.51. The maximum atomic E-state index is 12.8. The molecule has 0 saturated carbocycles. The third-order valence-corrected chi connectivity index (χ3v) is 7.36. The van der Waals surface area contributed by atoms with Gasteiger partial charge < -0.3 is 28.2 Å². The van der Waals surface area contributed by atoms with Crippen molar-refractivity contribution in [1.29, 1.82) is 0 Å². The number of rotatable bonds is 1. The first kappa shape index (κ1) is 22.1. The van der Waals surface area contributed by atoms with Crippen LogP contribution < -0.4 is 0 Å². The summed E-state index contributed by atoms with van der Waals surface area (Å²) in [4.78, 5) is 0. The van der Waals surface area contributed by atoms with Crippen LogP contribution in [0.3, 0.4) is 0 Å². The molecule has 147 valence electrons. The fraction of sp³-hybridized carbons (Fsp3) is 1.00. The third kappa shape index (κ3) is 4.93. The Morgan fingerprint density at radius 2 is 1.52 bits per heavy atom. The molecular formula is C13H22B3O9P2. The van der Waals surface area contributed by atoms with Crippen LogP contribution in [0.1, 0.15) is 6.92 Å². The first-order valence-electron chi connectivity index (χ1n) is 8.63. The Kier molecular flexibility index (Phi) is 6.74. The first-order chi connectivity index (χ1) is 12.5. The largest absolute Gasteiger partial charge is 0.388 e. The first-order valence-corrected chi connectivity index (χ1v) is 12.6. The van der Waals surface area contributed by atoms with Crippen molar-refractivity contribution in [3.8, 4) is 0 Å². The summed E-state index contributed by atoms with van der Waals surface area (Å²) >= 11 is 0. The van der Waals surface area contributed by atoms with E-state index in [2.05, 4.69) is 0 Å². The Bertz CT molecular complexity index is 640. The molecule has 3 fully saturated rings. The number of fused-ring (bicyclic) bond motifs is 2. The summed E-state index contributed by atoms with van der Waals surface area (Å²) in [5.41, 5.74) is 0. The quantitative estimate of drug-likeness (QED) is 0.461. The highest BCUT2D eigenvalue weighted by Crippen LogP contribution is 2.53. The molecule has 3 aliphatic heterocycles. The SMILES string of the molecule is [B][B][C@@H]1O[C@@H]2COP(C)(=O)O[C@@H]3C(O)[C@H]([B])O[C@@H]3COP(C)(=O)O[C@@H]2C1C. The number of hydrogen-bond donors (Lipinski definition) is 1. The molecule has 1 N–H and O–H groups in total. The van der Waals surface area contributed by atoms with Crippen molar-refractivity contribution >= 4 is 37.9 Å². The zero-order valence-electron chi connectivity index (χ0n) is 15.4. The van der Waals surface area contributed by atoms with Crippen molar-refractivity contribution in [2.24, 2.45) is 5.92 Å². The molecule has 4 unspecified atom stereocenters. The molecule has 0 aliphatic carbocycles. The highest BCUT2D eigenvalue weighted by molar-refractivity contribution is 7.53. The molecule has 0 amide bonds. The lowest BCUT2D eigenvalue weighted by Crippen LogP contribution is -2.38. The molecule has 27 heavy (non-hydrogen) atoms. The van der Waals surface area contributed by atoms with Gasteiger partial charge in [0.25, 0.3) is 0 Å². The van der Waals surface area contributed by atoms with Gasteiger partial charge in [0.2, 0.25) is 0 Å².